The first-order valence-electron chi connectivity index (χ1n) is 15.2. The van der Waals surface area contributed by atoms with Gasteiger partial charge < -0.3 is 14.5 Å². The van der Waals surface area contributed by atoms with Crippen LogP contribution in [0.3, 0.4) is 0 Å². The van der Waals surface area contributed by atoms with Crippen molar-refractivity contribution in [2.45, 2.75) is 89.9 Å². The zero-order valence-electron chi connectivity index (χ0n) is 23.5. The highest BCUT2D eigenvalue weighted by Crippen LogP contribution is 2.50. The highest BCUT2D eigenvalue weighted by Gasteiger charge is 2.54. The Morgan fingerprint density at radius 1 is 1.03 bits per heavy atom. The van der Waals surface area contributed by atoms with Crippen LogP contribution in [-0.2, 0) is 19.1 Å². The van der Waals surface area contributed by atoms with Crippen LogP contribution in [0.15, 0.2) is 53.8 Å². The number of fused-ring (bicyclic) bond motifs is 1. The van der Waals surface area contributed by atoms with Crippen molar-refractivity contribution in [1.29, 1.82) is 0 Å². The van der Waals surface area contributed by atoms with Gasteiger partial charge in [-0.2, -0.15) is 0 Å². The molecule has 0 bridgehead atoms. The Labute approximate surface area is 233 Å². The molecule has 0 aromatic heterocycles. The van der Waals surface area contributed by atoms with Gasteiger partial charge in [0.15, 0.2) is 0 Å². The Morgan fingerprint density at radius 2 is 1.79 bits per heavy atom. The zero-order valence-corrected chi connectivity index (χ0v) is 23.5. The van der Waals surface area contributed by atoms with Crippen LogP contribution in [-0.4, -0.2) is 53.8 Å². The minimum Gasteiger partial charge on any atom is -0.465 e. The standard InChI is InChI=1S/C33H44N2O4/c1-2-39-32(38)33-19-10-9-15-29(33)35(22-16-25-11-5-3-6-12-25)31(37)28(24-33)23-30(36)34-20-17-27(18-21-34)26-13-7-4-8-14-26/h4,7-8,11,13-15,27-28H,2-3,5-6,9-10,12,16-24H2,1H3/t28-,33+/m1/s1. The molecule has 0 spiro atoms. The van der Waals surface area contributed by atoms with E-state index >= 15 is 0 Å². The van der Waals surface area contributed by atoms with Crippen molar-refractivity contribution in [2.75, 3.05) is 26.2 Å². The summed E-state index contributed by atoms with van der Waals surface area (Å²) in [5, 5.41) is 0. The van der Waals surface area contributed by atoms with Gasteiger partial charge in [-0.25, -0.2) is 0 Å². The number of amides is 2. The maximum Gasteiger partial charge on any atom is 0.318 e. The van der Waals surface area contributed by atoms with E-state index in [1.807, 2.05) is 22.8 Å². The molecule has 0 N–H and O–H groups in total. The predicted octanol–water partition coefficient (Wildman–Crippen LogP) is 6.14. The Balaban J connectivity index is 1.32. The normalized spacial score (nSPS) is 26.0. The smallest absolute Gasteiger partial charge is 0.318 e. The number of benzene rings is 1. The Kier molecular flexibility index (Phi) is 8.89. The molecule has 2 atom stereocenters. The van der Waals surface area contributed by atoms with Gasteiger partial charge in [0.25, 0.3) is 0 Å². The number of likely N-dealkylation sites (tertiary alicyclic amines) is 2. The van der Waals surface area contributed by atoms with E-state index in [1.54, 1.807) is 0 Å². The third kappa shape index (κ3) is 6.00. The fourth-order valence-corrected chi connectivity index (χ4v) is 7.25. The lowest BCUT2D eigenvalue weighted by Crippen LogP contribution is -2.54. The van der Waals surface area contributed by atoms with Crippen molar-refractivity contribution >= 4 is 17.8 Å². The van der Waals surface area contributed by atoms with Gasteiger partial charge in [-0.15, -0.1) is 0 Å². The molecule has 0 radical (unpaired) electrons. The average molecular weight is 533 g/mol. The van der Waals surface area contributed by atoms with Crippen LogP contribution in [0.2, 0.25) is 0 Å². The van der Waals surface area contributed by atoms with E-state index in [0.29, 0.717) is 45.0 Å². The van der Waals surface area contributed by atoms with Crippen molar-refractivity contribution in [2.24, 2.45) is 11.3 Å². The van der Waals surface area contributed by atoms with Gasteiger partial charge in [0, 0.05) is 37.7 Å². The largest absolute Gasteiger partial charge is 0.465 e. The summed E-state index contributed by atoms with van der Waals surface area (Å²) in [6.07, 6.45) is 14.7. The maximum atomic E-state index is 14.0. The highest BCUT2D eigenvalue weighted by atomic mass is 16.5. The van der Waals surface area contributed by atoms with Crippen molar-refractivity contribution in [1.82, 2.24) is 9.80 Å². The number of carbonyl (C=O) groups is 3. The second-order valence-corrected chi connectivity index (χ2v) is 11.8. The number of hydrogen-bond acceptors (Lipinski definition) is 4. The number of ether oxygens (including phenoxy) is 1. The van der Waals surface area contributed by atoms with Crippen molar-refractivity contribution in [3.63, 3.8) is 0 Å². The summed E-state index contributed by atoms with van der Waals surface area (Å²) in [5.74, 6) is -0.210. The van der Waals surface area contributed by atoms with Crippen LogP contribution in [0.4, 0.5) is 0 Å². The molecule has 1 aromatic rings. The molecule has 210 valence electrons. The third-order valence-electron chi connectivity index (χ3n) is 9.38. The van der Waals surface area contributed by atoms with Crippen LogP contribution < -0.4 is 0 Å². The number of rotatable bonds is 8. The lowest BCUT2D eigenvalue weighted by atomic mass is 9.66. The van der Waals surface area contributed by atoms with E-state index in [1.165, 1.54) is 24.0 Å². The van der Waals surface area contributed by atoms with E-state index < -0.39 is 11.3 Å². The van der Waals surface area contributed by atoms with Gasteiger partial charge >= 0.3 is 5.97 Å². The average Bonchev–Trinajstić information content (AvgIpc) is 2.98. The number of hydrogen-bond donors (Lipinski definition) is 0. The fraction of sp³-hybridized carbons (Fsp3) is 0.606. The van der Waals surface area contributed by atoms with Crippen molar-refractivity contribution < 1.29 is 19.1 Å². The van der Waals surface area contributed by atoms with Crippen molar-refractivity contribution in [3.05, 3.63) is 59.3 Å². The van der Waals surface area contributed by atoms with Crippen LogP contribution in [0, 0.1) is 11.3 Å². The SMILES string of the molecule is CCOC(=O)[C@]12CCCC=C1N(CCC1=CCCCC1)C(=O)[C@H](CC(=O)N1CCC(c3ccccc3)CC1)C2. The molecule has 6 nitrogen and oxygen atoms in total. The number of piperidine rings is 2. The quantitative estimate of drug-likeness (QED) is 0.298. The van der Waals surface area contributed by atoms with Gasteiger partial charge in [0.05, 0.1) is 6.61 Å². The van der Waals surface area contributed by atoms with Crippen molar-refractivity contribution in [3.8, 4) is 0 Å². The molecule has 6 heteroatoms. The van der Waals surface area contributed by atoms with Gasteiger partial charge in [-0.1, -0.05) is 48.1 Å². The van der Waals surface area contributed by atoms with Crippen LogP contribution in [0.5, 0.6) is 0 Å². The third-order valence-corrected chi connectivity index (χ3v) is 9.38. The van der Waals surface area contributed by atoms with Crippen LogP contribution in [0.1, 0.15) is 95.5 Å². The van der Waals surface area contributed by atoms with E-state index in [9.17, 15) is 14.4 Å². The maximum absolute atomic E-state index is 14.0. The Morgan fingerprint density at radius 3 is 2.51 bits per heavy atom. The highest BCUT2D eigenvalue weighted by molar-refractivity contribution is 5.92. The molecule has 2 aliphatic heterocycles. The zero-order chi connectivity index (χ0) is 27.2. The van der Waals surface area contributed by atoms with E-state index in [2.05, 4.69) is 36.4 Å². The summed E-state index contributed by atoms with van der Waals surface area (Å²) in [5.41, 5.74) is 2.76. The van der Waals surface area contributed by atoms with Gasteiger partial charge in [-0.05, 0) is 89.0 Å². The number of esters is 1. The lowest BCUT2D eigenvalue weighted by Gasteiger charge is -2.48. The van der Waals surface area contributed by atoms with Crippen LogP contribution in [0.25, 0.3) is 0 Å². The minimum atomic E-state index is -0.825. The molecule has 39 heavy (non-hydrogen) atoms. The number of allylic oxidation sites excluding steroid dienone is 2. The van der Waals surface area contributed by atoms with Gasteiger partial charge in [-0.3, -0.25) is 14.4 Å². The first-order chi connectivity index (χ1) is 19.0. The molecule has 2 fully saturated rings. The number of nitrogens with zero attached hydrogens (tertiary/aromatic N) is 2. The summed E-state index contributed by atoms with van der Waals surface area (Å²) >= 11 is 0. The molecule has 0 saturated carbocycles. The molecule has 2 amide bonds. The van der Waals surface area contributed by atoms with Crippen LogP contribution >= 0.6 is 0 Å². The molecule has 4 aliphatic rings. The lowest BCUT2D eigenvalue weighted by molar-refractivity contribution is -0.162. The number of carbonyl (C=O) groups excluding carboxylic acids is 3. The topological polar surface area (TPSA) is 66.9 Å². The fourth-order valence-electron chi connectivity index (χ4n) is 7.25. The molecular weight excluding hydrogens is 488 g/mol. The summed E-state index contributed by atoms with van der Waals surface area (Å²) in [4.78, 5) is 44.8. The van der Waals surface area contributed by atoms with E-state index in [0.717, 1.165) is 50.6 Å². The summed E-state index contributed by atoms with van der Waals surface area (Å²) < 4.78 is 5.62. The summed E-state index contributed by atoms with van der Waals surface area (Å²) in [7, 11) is 0. The first kappa shape index (κ1) is 27.7. The summed E-state index contributed by atoms with van der Waals surface area (Å²) in [6.45, 7) is 4.15. The second-order valence-electron chi connectivity index (χ2n) is 11.8. The van der Waals surface area contributed by atoms with Gasteiger partial charge in [0.2, 0.25) is 11.8 Å². The molecule has 0 unspecified atom stereocenters. The summed E-state index contributed by atoms with van der Waals surface area (Å²) in [6, 6.07) is 10.5. The Bertz CT molecular complexity index is 1100. The molecule has 2 heterocycles. The van der Waals surface area contributed by atoms with E-state index in [4.69, 9.17) is 4.74 Å². The van der Waals surface area contributed by atoms with Gasteiger partial charge in [0.1, 0.15) is 5.41 Å². The monoisotopic (exact) mass is 532 g/mol. The molecular formula is C33H44N2O4. The minimum absolute atomic E-state index is 0.00649. The molecule has 1 aromatic carbocycles. The second kappa shape index (κ2) is 12.5. The molecule has 2 aliphatic carbocycles. The van der Waals surface area contributed by atoms with E-state index in [-0.39, 0.29) is 24.2 Å². The Hall–Kier alpha value is -2.89. The first-order valence-corrected chi connectivity index (χ1v) is 15.2. The predicted molar refractivity (Wildman–Crippen MR) is 152 cm³/mol. The molecule has 5 rings (SSSR count). The molecule has 2 saturated heterocycles.